The molecule has 3 aromatic carbocycles. The molecule has 1 aliphatic rings. The summed E-state index contributed by atoms with van der Waals surface area (Å²) >= 11 is 0. The number of ether oxygens (including phenoxy) is 1. The van der Waals surface area contributed by atoms with E-state index in [2.05, 4.69) is 5.32 Å². The first kappa shape index (κ1) is 21.5. The zero-order valence-corrected chi connectivity index (χ0v) is 18.1. The Balaban J connectivity index is 1.40. The molecule has 0 heterocycles. The number of carbonyl (C=O) groups excluding carboxylic acids is 3. The topological polar surface area (TPSA) is 75.7 Å². The van der Waals surface area contributed by atoms with Gasteiger partial charge in [0.15, 0.2) is 11.6 Å². The summed E-state index contributed by atoms with van der Waals surface area (Å²) in [6, 6.07) is 19.5. The summed E-state index contributed by atoms with van der Waals surface area (Å²) in [6.07, 6.45) is 0. The number of ketones is 2. The Hall–Kier alpha value is -3.77. The van der Waals surface area contributed by atoms with Gasteiger partial charge < -0.3 is 10.1 Å². The van der Waals surface area contributed by atoms with Gasteiger partial charge in [-0.1, -0.05) is 54.6 Å². The Morgan fingerprint density at radius 3 is 2.28 bits per heavy atom. The first-order valence-corrected chi connectivity index (χ1v) is 10.4. The zero-order valence-electron chi connectivity index (χ0n) is 18.1. The predicted octanol–water partition coefficient (Wildman–Crippen LogP) is 3.72. The van der Waals surface area contributed by atoms with Crippen molar-refractivity contribution in [3.05, 3.63) is 94.5 Å². The maximum atomic E-state index is 13.1. The molecule has 162 valence electrons. The SMILES string of the molecule is Cc1ccccc1OCCN(C)CC(=O)Nc1cccc2c1C(=O)c1ccccc1C2=O. The van der Waals surface area contributed by atoms with E-state index in [4.69, 9.17) is 4.74 Å². The Labute approximate surface area is 186 Å². The fourth-order valence-electron chi connectivity index (χ4n) is 3.79. The van der Waals surface area contributed by atoms with Crippen molar-refractivity contribution in [1.82, 2.24) is 4.90 Å². The van der Waals surface area contributed by atoms with Gasteiger partial charge in [0.05, 0.1) is 17.8 Å². The van der Waals surface area contributed by atoms with Crippen LogP contribution in [-0.4, -0.2) is 49.1 Å². The van der Waals surface area contributed by atoms with E-state index in [1.54, 1.807) is 42.5 Å². The average molecular weight is 428 g/mol. The maximum absolute atomic E-state index is 13.1. The van der Waals surface area contributed by atoms with E-state index in [9.17, 15) is 14.4 Å². The summed E-state index contributed by atoms with van der Waals surface area (Å²) in [7, 11) is 1.83. The summed E-state index contributed by atoms with van der Waals surface area (Å²) in [5.74, 6) is 0.0866. The van der Waals surface area contributed by atoms with Gasteiger partial charge in [0.25, 0.3) is 0 Å². The number of likely N-dealkylation sites (N-methyl/N-ethyl adjacent to an activating group) is 1. The molecule has 0 saturated carbocycles. The van der Waals surface area contributed by atoms with Gasteiger partial charge in [-0.15, -0.1) is 0 Å². The molecule has 6 heteroatoms. The van der Waals surface area contributed by atoms with Gasteiger partial charge in [-0.2, -0.15) is 0 Å². The average Bonchev–Trinajstić information content (AvgIpc) is 2.78. The van der Waals surface area contributed by atoms with Crippen LogP contribution in [0.15, 0.2) is 66.7 Å². The van der Waals surface area contributed by atoms with Crippen LogP contribution >= 0.6 is 0 Å². The Morgan fingerprint density at radius 1 is 0.875 bits per heavy atom. The van der Waals surface area contributed by atoms with Gasteiger partial charge in [-0.05, 0) is 31.7 Å². The Kier molecular flexibility index (Phi) is 6.14. The molecule has 1 N–H and O–H groups in total. The molecule has 0 unspecified atom stereocenters. The fourth-order valence-corrected chi connectivity index (χ4v) is 3.79. The number of carbonyl (C=O) groups is 3. The smallest absolute Gasteiger partial charge is 0.238 e. The van der Waals surface area contributed by atoms with Crippen molar-refractivity contribution in [2.24, 2.45) is 0 Å². The van der Waals surface area contributed by atoms with Crippen LogP contribution in [0.2, 0.25) is 0 Å². The number of aryl methyl sites for hydroxylation is 1. The minimum absolute atomic E-state index is 0.125. The van der Waals surface area contributed by atoms with E-state index in [1.165, 1.54) is 0 Å². The third kappa shape index (κ3) is 4.31. The van der Waals surface area contributed by atoms with Crippen LogP contribution in [0.3, 0.4) is 0 Å². The molecular weight excluding hydrogens is 404 g/mol. The van der Waals surface area contributed by atoms with Gasteiger partial charge in [0, 0.05) is 23.2 Å². The van der Waals surface area contributed by atoms with Gasteiger partial charge in [-0.3, -0.25) is 19.3 Å². The lowest BCUT2D eigenvalue weighted by Crippen LogP contribution is -2.33. The number of hydrogen-bond donors (Lipinski definition) is 1. The van der Waals surface area contributed by atoms with E-state index in [1.807, 2.05) is 43.1 Å². The van der Waals surface area contributed by atoms with Crippen molar-refractivity contribution in [3.8, 4) is 5.75 Å². The van der Waals surface area contributed by atoms with Crippen LogP contribution in [0.25, 0.3) is 0 Å². The number of para-hydroxylation sites is 1. The molecule has 0 fully saturated rings. The minimum Gasteiger partial charge on any atom is -0.492 e. The van der Waals surface area contributed by atoms with Crippen molar-refractivity contribution in [3.63, 3.8) is 0 Å². The van der Waals surface area contributed by atoms with Crippen molar-refractivity contribution in [2.45, 2.75) is 6.92 Å². The quantitative estimate of drug-likeness (QED) is 0.486. The molecule has 1 aliphatic carbocycles. The highest BCUT2D eigenvalue weighted by molar-refractivity contribution is 6.30. The number of benzene rings is 3. The van der Waals surface area contributed by atoms with Crippen molar-refractivity contribution in [2.75, 3.05) is 32.1 Å². The van der Waals surface area contributed by atoms with Crippen molar-refractivity contribution >= 4 is 23.2 Å². The van der Waals surface area contributed by atoms with Crippen LogP contribution in [0, 0.1) is 6.92 Å². The third-order valence-electron chi connectivity index (χ3n) is 5.46. The fraction of sp³-hybridized carbons (Fsp3) is 0.192. The first-order chi connectivity index (χ1) is 15.5. The van der Waals surface area contributed by atoms with Gasteiger partial charge in [0.1, 0.15) is 12.4 Å². The summed E-state index contributed by atoms with van der Waals surface area (Å²) in [5.41, 5.74) is 2.72. The molecule has 4 rings (SSSR count). The molecule has 0 spiro atoms. The number of hydrogen-bond acceptors (Lipinski definition) is 5. The molecule has 0 saturated heterocycles. The van der Waals surface area contributed by atoms with Crippen LogP contribution in [-0.2, 0) is 4.79 Å². The zero-order chi connectivity index (χ0) is 22.7. The summed E-state index contributed by atoms with van der Waals surface area (Å²) < 4.78 is 5.79. The van der Waals surface area contributed by atoms with Crippen LogP contribution in [0.5, 0.6) is 5.75 Å². The summed E-state index contributed by atoms with van der Waals surface area (Å²) in [5, 5.41) is 2.81. The standard InChI is InChI=1S/C26H24N2O4/c1-17-8-3-6-13-22(17)32-15-14-28(2)16-23(29)27-21-12-7-11-20-24(21)26(31)19-10-5-4-9-18(19)25(20)30/h3-13H,14-16H2,1-2H3,(H,27,29). The maximum Gasteiger partial charge on any atom is 0.238 e. The second-order valence-corrected chi connectivity index (χ2v) is 7.83. The van der Waals surface area contributed by atoms with E-state index in [0.717, 1.165) is 11.3 Å². The van der Waals surface area contributed by atoms with Crippen molar-refractivity contribution < 1.29 is 19.1 Å². The molecule has 6 nitrogen and oxygen atoms in total. The predicted molar refractivity (Wildman–Crippen MR) is 123 cm³/mol. The van der Waals surface area contributed by atoms with E-state index in [0.29, 0.717) is 35.5 Å². The number of fused-ring (bicyclic) bond motifs is 2. The van der Waals surface area contributed by atoms with Crippen molar-refractivity contribution in [1.29, 1.82) is 0 Å². The lowest BCUT2D eigenvalue weighted by Gasteiger charge is -2.21. The molecule has 32 heavy (non-hydrogen) atoms. The third-order valence-corrected chi connectivity index (χ3v) is 5.46. The largest absolute Gasteiger partial charge is 0.492 e. The highest BCUT2D eigenvalue weighted by Gasteiger charge is 2.31. The summed E-state index contributed by atoms with van der Waals surface area (Å²) in [4.78, 5) is 40.4. The normalized spacial score (nSPS) is 12.3. The number of rotatable bonds is 7. The molecule has 0 radical (unpaired) electrons. The lowest BCUT2D eigenvalue weighted by atomic mass is 9.83. The summed E-state index contributed by atoms with van der Waals surface area (Å²) in [6.45, 7) is 3.11. The molecule has 0 bridgehead atoms. The number of nitrogens with one attached hydrogen (secondary N) is 1. The number of nitrogens with zero attached hydrogens (tertiary/aromatic N) is 1. The highest BCUT2D eigenvalue weighted by Crippen LogP contribution is 2.31. The van der Waals surface area contributed by atoms with Gasteiger partial charge in [0.2, 0.25) is 5.91 Å². The van der Waals surface area contributed by atoms with Crippen LogP contribution in [0.4, 0.5) is 5.69 Å². The molecule has 0 atom stereocenters. The molecular formula is C26H24N2O4. The first-order valence-electron chi connectivity index (χ1n) is 10.4. The number of amides is 1. The second-order valence-electron chi connectivity index (χ2n) is 7.83. The van der Waals surface area contributed by atoms with Crippen LogP contribution < -0.4 is 10.1 Å². The van der Waals surface area contributed by atoms with E-state index >= 15 is 0 Å². The van der Waals surface area contributed by atoms with E-state index in [-0.39, 0.29) is 29.6 Å². The van der Waals surface area contributed by atoms with Gasteiger partial charge in [-0.25, -0.2) is 0 Å². The second kappa shape index (κ2) is 9.16. The molecule has 1 amide bonds. The highest BCUT2D eigenvalue weighted by atomic mass is 16.5. The van der Waals surface area contributed by atoms with E-state index < -0.39 is 0 Å². The number of anilines is 1. The Morgan fingerprint density at radius 2 is 1.53 bits per heavy atom. The van der Waals surface area contributed by atoms with Gasteiger partial charge >= 0.3 is 0 Å². The molecule has 3 aromatic rings. The Bertz CT molecular complexity index is 1200. The molecule has 0 aromatic heterocycles. The lowest BCUT2D eigenvalue weighted by molar-refractivity contribution is -0.117. The van der Waals surface area contributed by atoms with Crippen LogP contribution in [0.1, 0.15) is 37.4 Å². The minimum atomic E-state index is -0.268. The monoisotopic (exact) mass is 428 g/mol. The molecule has 0 aliphatic heterocycles.